The third-order valence-electron chi connectivity index (χ3n) is 4.83. The highest BCUT2D eigenvalue weighted by Crippen LogP contribution is 2.27. The van der Waals surface area contributed by atoms with Crippen molar-refractivity contribution < 1.29 is 9.90 Å². The van der Waals surface area contributed by atoms with Gasteiger partial charge in [0.05, 0.1) is 13.2 Å². The Balaban J connectivity index is 0.00000280. The molecular weight excluding hydrogens is 467 g/mol. The molecule has 0 saturated carbocycles. The molecule has 1 unspecified atom stereocenters. The summed E-state index contributed by atoms with van der Waals surface area (Å²) >= 11 is 0. The molecule has 0 bridgehead atoms. The molecule has 1 aliphatic heterocycles. The van der Waals surface area contributed by atoms with Crippen molar-refractivity contribution >= 4 is 41.5 Å². The van der Waals surface area contributed by atoms with Crippen molar-refractivity contribution in [1.82, 2.24) is 10.6 Å². The first kappa shape index (κ1) is 22.2. The summed E-state index contributed by atoms with van der Waals surface area (Å²) in [5.74, 6) is 0.529. The average molecular weight is 494 g/mol. The fourth-order valence-corrected chi connectivity index (χ4v) is 3.31. The molecule has 0 aromatic heterocycles. The van der Waals surface area contributed by atoms with Crippen LogP contribution in [0.5, 0.6) is 0 Å². The molecule has 3 N–H and O–H groups in total. The van der Waals surface area contributed by atoms with Crippen molar-refractivity contribution in [2.75, 3.05) is 38.2 Å². The molecule has 1 amide bonds. The van der Waals surface area contributed by atoms with Crippen LogP contribution in [-0.2, 0) is 11.2 Å². The van der Waals surface area contributed by atoms with E-state index < -0.39 is 0 Å². The van der Waals surface area contributed by atoms with Crippen molar-refractivity contribution in [3.8, 4) is 0 Å². The predicted octanol–water partition coefficient (Wildman–Crippen LogP) is 2.13. The van der Waals surface area contributed by atoms with Gasteiger partial charge in [0.1, 0.15) is 0 Å². The molecule has 0 spiro atoms. The summed E-state index contributed by atoms with van der Waals surface area (Å²) in [5, 5.41) is 15.9. The molecular formula is C21H27IN4O2. The number of para-hydroxylation sites is 1. The second kappa shape index (κ2) is 11.0. The molecule has 28 heavy (non-hydrogen) atoms. The molecule has 0 fully saturated rings. The number of carbonyl (C=O) groups excluding carboxylic acids is 1. The molecule has 1 heterocycles. The number of halogens is 1. The molecule has 7 heteroatoms. The second-order valence-corrected chi connectivity index (χ2v) is 6.52. The van der Waals surface area contributed by atoms with E-state index in [4.69, 9.17) is 0 Å². The van der Waals surface area contributed by atoms with Crippen LogP contribution >= 0.6 is 24.0 Å². The number of carbonyl (C=O) groups is 1. The maximum atomic E-state index is 12.6. The monoisotopic (exact) mass is 494 g/mol. The highest BCUT2D eigenvalue weighted by atomic mass is 127. The summed E-state index contributed by atoms with van der Waals surface area (Å²) in [6, 6.07) is 17.9. The van der Waals surface area contributed by atoms with E-state index in [1.54, 1.807) is 7.05 Å². The van der Waals surface area contributed by atoms with Gasteiger partial charge >= 0.3 is 0 Å². The highest BCUT2D eigenvalue weighted by molar-refractivity contribution is 14.0. The van der Waals surface area contributed by atoms with Crippen LogP contribution in [0.3, 0.4) is 0 Å². The van der Waals surface area contributed by atoms with Gasteiger partial charge in [-0.1, -0.05) is 48.5 Å². The predicted molar refractivity (Wildman–Crippen MR) is 124 cm³/mol. The first-order chi connectivity index (χ1) is 13.2. The van der Waals surface area contributed by atoms with E-state index in [0.717, 1.165) is 17.7 Å². The van der Waals surface area contributed by atoms with E-state index >= 15 is 0 Å². The van der Waals surface area contributed by atoms with Gasteiger partial charge in [-0.2, -0.15) is 0 Å². The average Bonchev–Trinajstić information content (AvgIpc) is 3.15. The first-order valence-corrected chi connectivity index (χ1v) is 9.21. The van der Waals surface area contributed by atoms with Crippen LogP contribution in [0.4, 0.5) is 5.69 Å². The third kappa shape index (κ3) is 5.45. The van der Waals surface area contributed by atoms with Gasteiger partial charge < -0.3 is 20.6 Å². The molecule has 2 aromatic carbocycles. The highest BCUT2D eigenvalue weighted by Gasteiger charge is 2.24. The minimum atomic E-state index is -0.0362. The van der Waals surface area contributed by atoms with E-state index in [9.17, 15) is 9.90 Å². The summed E-state index contributed by atoms with van der Waals surface area (Å²) in [6.07, 6.45) is 0.893. The molecule has 0 saturated heterocycles. The molecule has 150 valence electrons. The van der Waals surface area contributed by atoms with Gasteiger partial charge in [-0.3, -0.25) is 9.79 Å². The Morgan fingerprint density at radius 2 is 1.86 bits per heavy atom. The minimum Gasteiger partial charge on any atom is -0.396 e. The van der Waals surface area contributed by atoms with E-state index in [-0.39, 0.29) is 49.0 Å². The summed E-state index contributed by atoms with van der Waals surface area (Å²) in [7, 11) is 1.67. The number of rotatable bonds is 6. The Kier molecular flexibility index (Phi) is 8.72. The van der Waals surface area contributed by atoms with E-state index in [1.165, 1.54) is 5.56 Å². The number of fused-ring (bicyclic) bond motifs is 1. The number of nitrogens with zero attached hydrogens (tertiary/aromatic N) is 2. The fourth-order valence-electron chi connectivity index (χ4n) is 3.31. The number of amides is 1. The number of aliphatic imine (C=N–C) groups is 1. The van der Waals surface area contributed by atoms with Crippen molar-refractivity contribution in [3.05, 3.63) is 65.7 Å². The number of aliphatic hydroxyl groups excluding tert-OH is 1. The molecule has 3 rings (SSSR count). The maximum Gasteiger partial charge on any atom is 0.246 e. The maximum absolute atomic E-state index is 12.6. The van der Waals surface area contributed by atoms with Gasteiger partial charge in [0.25, 0.3) is 0 Å². The van der Waals surface area contributed by atoms with Crippen LogP contribution < -0.4 is 15.5 Å². The van der Waals surface area contributed by atoms with Gasteiger partial charge in [-0.15, -0.1) is 24.0 Å². The summed E-state index contributed by atoms with van der Waals surface area (Å²) in [5.41, 5.74) is 3.27. The molecule has 0 aliphatic carbocycles. The van der Waals surface area contributed by atoms with Crippen LogP contribution in [0.25, 0.3) is 0 Å². The SMILES string of the molecule is CN=C(NCC(=O)N1CCc2ccccc21)NCC(CO)c1ccccc1.I. The Morgan fingerprint density at radius 1 is 1.14 bits per heavy atom. The number of aliphatic hydroxyl groups is 1. The summed E-state index contributed by atoms with van der Waals surface area (Å²) < 4.78 is 0. The van der Waals surface area contributed by atoms with Gasteiger partial charge in [0.2, 0.25) is 5.91 Å². The van der Waals surface area contributed by atoms with Crippen molar-refractivity contribution in [2.45, 2.75) is 12.3 Å². The number of benzene rings is 2. The zero-order valence-corrected chi connectivity index (χ0v) is 18.3. The fraction of sp³-hybridized carbons (Fsp3) is 0.333. The Bertz CT molecular complexity index is 798. The Morgan fingerprint density at radius 3 is 2.57 bits per heavy atom. The second-order valence-electron chi connectivity index (χ2n) is 6.52. The molecule has 6 nitrogen and oxygen atoms in total. The van der Waals surface area contributed by atoms with Gasteiger partial charge in [0, 0.05) is 31.7 Å². The molecule has 0 radical (unpaired) electrons. The Hall–Kier alpha value is -2.13. The number of guanidine groups is 1. The van der Waals surface area contributed by atoms with Crippen LogP contribution in [-0.4, -0.2) is 50.3 Å². The van der Waals surface area contributed by atoms with Crippen LogP contribution in [0, 0.1) is 0 Å². The van der Waals surface area contributed by atoms with Gasteiger partial charge in [-0.05, 0) is 23.6 Å². The molecule has 1 atom stereocenters. The van der Waals surface area contributed by atoms with E-state index in [1.807, 2.05) is 53.4 Å². The lowest BCUT2D eigenvalue weighted by molar-refractivity contribution is -0.117. The molecule has 2 aromatic rings. The quantitative estimate of drug-likeness (QED) is 0.327. The van der Waals surface area contributed by atoms with Crippen LogP contribution in [0.2, 0.25) is 0 Å². The lowest BCUT2D eigenvalue weighted by Crippen LogP contribution is -2.45. The van der Waals surface area contributed by atoms with Crippen molar-refractivity contribution in [1.29, 1.82) is 0 Å². The number of hydrogen-bond donors (Lipinski definition) is 3. The topological polar surface area (TPSA) is 77.0 Å². The number of nitrogens with one attached hydrogen (secondary N) is 2. The van der Waals surface area contributed by atoms with Crippen LogP contribution in [0.1, 0.15) is 17.0 Å². The minimum absolute atomic E-state index is 0. The van der Waals surface area contributed by atoms with E-state index in [0.29, 0.717) is 19.0 Å². The van der Waals surface area contributed by atoms with Gasteiger partial charge in [0.15, 0.2) is 5.96 Å². The van der Waals surface area contributed by atoms with Crippen molar-refractivity contribution in [2.24, 2.45) is 4.99 Å². The third-order valence-corrected chi connectivity index (χ3v) is 4.83. The van der Waals surface area contributed by atoms with Crippen molar-refractivity contribution in [3.63, 3.8) is 0 Å². The van der Waals surface area contributed by atoms with Crippen LogP contribution in [0.15, 0.2) is 59.6 Å². The lowest BCUT2D eigenvalue weighted by Gasteiger charge is -2.20. The zero-order valence-electron chi connectivity index (χ0n) is 16.0. The lowest BCUT2D eigenvalue weighted by atomic mass is 10.0. The Labute approximate surface area is 183 Å². The van der Waals surface area contributed by atoms with E-state index in [2.05, 4.69) is 21.7 Å². The number of hydrogen-bond acceptors (Lipinski definition) is 3. The zero-order chi connectivity index (χ0) is 19.1. The normalized spacial score (nSPS) is 14.1. The largest absolute Gasteiger partial charge is 0.396 e. The standard InChI is InChI=1S/C21H26N4O2.HI/c1-22-21(23-13-18(15-26)16-7-3-2-4-8-16)24-14-20(27)25-12-11-17-9-5-6-10-19(17)25;/h2-10,18,26H,11-15H2,1H3,(H2,22,23,24);1H. The summed E-state index contributed by atoms with van der Waals surface area (Å²) in [4.78, 5) is 18.6. The smallest absolute Gasteiger partial charge is 0.246 e. The molecule has 1 aliphatic rings. The summed E-state index contributed by atoms with van der Waals surface area (Å²) in [6.45, 7) is 1.45. The number of anilines is 1. The van der Waals surface area contributed by atoms with Gasteiger partial charge in [-0.25, -0.2) is 0 Å². The first-order valence-electron chi connectivity index (χ1n) is 9.21.